The summed E-state index contributed by atoms with van der Waals surface area (Å²) in [5.41, 5.74) is 3.69. The van der Waals surface area contributed by atoms with Gasteiger partial charge < -0.3 is 4.74 Å². The number of hydrogen-bond acceptors (Lipinski definition) is 4. The van der Waals surface area contributed by atoms with E-state index in [4.69, 9.17) is 4.74 Å². The van der Waals surface area contributed by atoms with Crippen LogP contribution in [0.2, 0.25) is 0 Å². The van der Waals surface area contributed by atoms with Crippen molar-refractivity contribution in [2.75, 3.05) is 0 Å². The molecule has 0 spiro atoms. The van der Waals surface area contributed by atoms with E-state index in [-0.39, 0.29) is 0 Å². The van der Waals surface area contributed by atoms with Crippen LogP contribution < -0.4 is 4.74 Å². The fraction of sp³-hybridized carbons (Fsp3) is 0. The zero-order valence-corrected chi connectivity index (χ0v) is 15.9. The van der Waals surface area contributed by atoms with Gasteiger partial charge in [-0.15, -0.1) is 0 Å². The molecule has 0 N–H and O–H groups in total. The van der Waals surface area contributed by atoms with Crippen LogP contribution in [-0.4, -0.2) is 19.4 Å². The molecule has 6 aromatic rings. The van der Waals surface area contributed by atoms with E-state index < -0.39 is 0 Å². The number of aromatic nitrogens is 4. The molecule has 0 aliphatic heterocycles. The average molecular weight is 388 g/mol. The lowest BCUT2D eigenvalue weighted by atomic mass is 10.1. The maximum absolute atomic E-state index is 6.21. The monoisotopic (exact) mass is 388 g/mol. The van der Waals surface area contributed by atoms with Crippen LogP contribution >= 0.6 is 0 Å². The molecule has 0 aliphatic rings. The van der Waals surface area contributed by atoms with Crippen molar-refractivity contribution in [1.29, 1.82) is 0 Å². The molecular formula is C25H16N4O. The van der Waals surface area contributed by atoms with Crippen molar-refractivity contribution in [2.24, 2.45) is 0 Å². The van der Waals surface area contributed by atoms with Gasteiger partial charge in [-0.25, -0.2) is 9.97 Å². The Morgan fingerprint density at radius 2 is 1.47 bits per heavy atom. The Labute approximate surface area is 172 Å². The number of ether oxygens (including phenoxy) is 1. The van der Waals surface area contributed by atoms with Crippen LogP contribution in [0, 0.1) is 0 Å². The van der Waals surface area contributed by atoms with E-state index in [0.717, 1.165) is 50.2 Å². The Balaban J connectivity index is 1.46. The molecule has 0 amide bonds. The summed E-state index contributed by atoms with van der Waals surface area (Å²) in [6.45, 7) is 0. The second kappa shape index (κ2) is 6.67. The van der Waals surface area contributed by atoms with E-state index in [1.165, 1.54) is 0 Å². The molecule has 0 saturated heterocycles. The Morgan fingerprint density at radius 1 is 0.600 bits per heavy atom. The number of nitrogens with zero attached hydrogens (tertiary/aromatic N) is 4. The smallest absolute Gasteiger partial charge is 0.146 e. The number of imidazole rings is 1. The zero-order valence-electron chi connectivity index (χ0n) is 15.9. The molecule has 2 aromatic carbocycles. The molecule has 4 heterocycles. The van der Waals surface area contributed by atoms with E-state index >= 15 is 0 Å². The van der Waals surface area contributed by atoms with Gasteiger partial charge in [0, 0.05) is 41.1 Å². The predicted octanol–water partition coefficient (Wildman–Crippen LogP) is 5.89. The van der Waals surface area contributed by atoms with Crippen molar-refractivity contribution < 1.29 is 4.74 Å². The van der Waals surface area contributed by atoms with Gasteiger partial charge in [0.1, 0.15) is 22.8 Å². The maximum Gasteiger partial charge on any atom is 0.146 e. The molecule has 0 bridgehead atoms. The largest absolute Gasteiger partial charge is 0.457 e. The average Bonchev–Trinajstić information content (AvgIpc) is 3.31. The van der Waals surface area contributed by atoms with Gasteiger partial charge in [-0.1, -0.05) is 18.2 Å². The highest BCUT2D eigenvalue weighted by Crippen LogP contribution is 2.33. The highest BCUT2D eigenvalue weighted by molar-refractivity contribution is 6.11. The Morgan fingerprint density at radius 3 is 2.40 bits per heavy atom. The molecule has 5 heteroatoms. The standard InChI is InChI=1S/C25H16N4O/c1-2-11-26-23(8-1)17-5-3-6-18(15-17)30-19-9-10-20-21-7-4-12-27-24(21)29-14-13-28-25(29)22(20)16-19/h1-16H. The molecule has 4 aromatic heterocycles. The van der Waals surface area contributed by atoms with Gasteiger partial charge in [-0.3, -0.25) is 9.38 Å². The quantitative estimate of drug-likeness (QED) is 0.355. The number of hydrogen-bond donors (Lipinski definition) is 0. The van der Waals surface area contributed by atoms with Crippen LogP contribution in [0.4, 0.5) is 0 Å². The second-order valence-electron chi connectivity index (χ2n) is 7.05. The summed E-state index contributed by atoms with van der Waals surface area (Å²) in [5, 5.41) is 3.21. The van der Waals surface area contributed by atoms with E-state index in [0.29, 0.717) is 0 Å². The summed E-state index contributed by atoms with van der Waals surface area (Å²) in [6.07, 6.45) is 7.33. The van der Waals surface area contributed by atoms with Crippen molar-refractivity contribution in [3.63, 3.8) is 0 Å². The Bertz CT molecular complexity index is 1520. The molecule has 0 aliphatic carbocycles. The topological polar surface area (TPSA) is 52.3 Å². The first-order valence-electron chi connectivity index (χ1n) is 9.70. The lowest BCUT2D eigenvalue weighted by Crippen LogP contribution is -1.93. The molecule has 6 rings (SSSR count). The van der Waals surface area contributed by atoms with Crippen molar-refractivity contribution >= 4 is 27.5 Å². The fourth-order valence-corrected chi connectivity index (χ4v) is 3.87. The van der Waals surface area contributed by atoms with Crippen LogP contribution in [0.3, 0.4) is 0 Å². The van der Waals surface area contributed by atoms with Crippen LogP contribution in [0.5, 0.6) is 11.5 Å². The molecule has 0 atom stereocenters. The van der Waals surface area contributed by atoms with E-state index in [2.05, 4.69) is 27.1 Å². The summed E-state index contributed by atoms with van der Waals surface area (Å²) < 4.78 is 8.22. The molecule has 0 saturated carbocycles. The van der Waals surface area contributed by atoms with Gasteiger partial charge in [0.15, 0.2) is 0 Å². The Kier molecular flexibility index (Phi) is 3.71. The number of benzene rings is 2. The van der Waals surface area contributed by atoms with Gasteiger partial charge >= 0.3 is 0 Å². The summed E-state index contributed by atoms with van der Waals surface area (Å²) in [5.74, 6) is 1.52. The molecule has 0 unspecified atom stereocenters. The van der Waals surface area contributed by atoms with E-state index in [9.17, 15) is 0 Å². The first-order chi connectivity index (χ1) is 14.9. The minimum Gasteiger partial charge on any atom is -0.457 e. The lowest BCUT2D eigenvalue weighted by Gasteiger charge is -2.11. The van der Waals surface area contributed by atoms with Gasteiger partial charge in [0.2, 0.25) is 0 Å². The van der Waals surface area contributed by atoms with Crippen molar-refractivity contribution in [3.05, 3.63) is 97.6 Å². The third kappa shape index (κ3) is 2.68. The van der Waals surface area contributed by atoms with Crippen LogP contribution in [0.1, 0.15) is 0 Å². The molecule has 0 radical (unpaired) electrons. The summed E-state index contributed by atoms with van der Waals surface area (Å²) in [7, 11) is 0. The molecule has 0 fully saturated rings. The lowest BCUT2D eigenvalue weighted by molar-refractivity contribution is 0.483. The molecule has 30 heavy (non-hydrogen) atoms. The first kappa shape index (κ1) is 16.7. The van der Waals surface area contributed by atoms with Gasteiger partial charge in [0.25, 0.3) is 0 Å². The highest BCUT2D eigenvalue weighted by Gasteiger charge is 2.11. The van der Waals surface area contributed by atoms with Crippen molar-refractivity contribution in [2.45, 2.75) is 0 Å². The minimum absolute atomic E-state index is 0.758. The second-order valence-corrected chi connectivity index (χ2v) is 7.05. The van der Waals surface area contributed by atoms with E-state index in [1.54, 1.807) is 18.6 Å². The molecule has 5 nitrogen and oxygen atoms in total. The number of rotatable bonds is 3. The summed E-state index contributed by atoms with van der Waals surface area (Å²) in [6, 6.07) is 24.0. The summed E-state index contributed by atoms with van der Waals surface area (Å²) in [4.78, 5) is 13.5. The van der Waals surface area contributed by atoms with Gasteiger partial charge in [0.05, 0.1) is 5.69 Å². The number of pyridine rings is 3. The van der Waals surface area contributed by atoms with Crippen LogP contribution in [0.15, 0.2) is 97.6 Å². The third-order valence-electron chi connectivity index (χ3n) is 5.21. The first-order valence-corrected chi connectivity index (χ1v) is 9.70. The maximum atomic E-state index is 6.21. The van der Waals surface area contributed by atoms with Crippen molar-refractivity contribution in [3.8, 4) is 22.8 Å². The molecular weight excluding hydrogens is 372 g/mol. The fourth-order valence-electron chi connectivity index (χ4n) is 3.87. The minimum atomic E-state index is 0.758. The molecule has 142 valence electrons. The van der Waals surface area contributed by atoms with Crippen LogP contribution in [-0.2, 0) is 0 Å². The number of fused-ring (bicyclic) bond motifs is 6. The summed E-state index contributed by atoms with van der Waals surface area (Å²) >= 11 is 0. The van der Waals surface area contributed by atoms with E-state index in [1.807, 2.05) is 71.3 Å². The van der Waals surface area contributed by atoms with Gasteiger partial charge in [-0.05, 0) is 60.0 Å². The van der Waals surface area contributed by atoms with Crippen LogP contribution in [0.25, 0.3) is 38.7 Å². The zero-order chi connectivity index (χ0) is 19.9. The van der Waals surface area contributed by atoms with Crippen molar-refractivity contribution in [1.82, 2.24) is 19.4 Å². The highest BCUT2D eigenvalue weighted by atomic mass is 16.5. The normalized spacial score (nSPS) is 11.3. The third-order valence-corrected chi connectivity index (χ3v) is 5.21. The Hall–Kier alpha value is -4.25. The van der Waals surface area contributed by atoms with Gasteiger partial charge in [-0.2, -0.15) is 0 Å². The SMILES string of the molecule is c1ccc(-c2cccc(Oc3ccc4c5cccnc5n5ccnc5c4c3)c2)nc1. The predicted molar refractivity (Wildman–Crippen MR) is 118 cm³/mol.